The standard InChI is InChI=1S/C22H25N3O2/c1-15-11-12-24(2)18-8-4-5-9-19(18)25(15)21(26)13-16-14-23-17-7-6-10-20(27-3)22(16)17/h4-10,14-15,23H,11-13H2,1-3H3. The van der Waals surface area contributed by atoms with Crippen molar-refractivity contribution in [2.75, 3.05) is 30.5 Å². The lowest BCUT2D eigenvalue weighted by atomic mass is 10.1. The molecule has 0 saturated heterocycles. The number of benzene rings is 2. The summed E-state index contributed by atoms with van der Waals surface area (Å²) in [4.78, 5) is 20.9. The maximum Gasteiger partial charge on any atom is 0.231 e. The third-order valence-corrected chi connectivity index (χ3v) is 5.46. The number of methoxy groups -OCH3 is 1. The molecule has 0 bridgehead atoms. The normalized spacial score (nSPS) is 16.9. The molecule has 140 valence electrons. The summed E-state index contributed by atoms with van der Waals surface area (Å²) in [6, 6.07) is 14.2. The van der Waals surface area contributed by atoms with Crippen molar-refractivity contribution in [3.63, 3.8) is 0 Å². The van der Waals surface area contributed by atoms with Crippen LogP contribution < -0.4 is 14.5 Å². The minimum Gasteiger partial charge on any atom is -0.496 e. The van der Waals surface area contributed by atoms with Crippen LogP contribution in [-0.4, -0.2) is 37.6 Å². The topological polar surface area (TPSA) is 48.6 Å². The molecule has 0 radical (unpaired) electrons. The van der Waals surface area contributed by atoms with Crippen LogP contribution in [0.5, 0.6) is 5.75 Å². The number of carbonyl (C=O) groups excluding carboxylic acids is 1. The number of nitrogens with one attached hydrogen (secondary N) is 1. The molecular weight excluding hydrogens is 338 g/mol. The highest BCUT2D eigenvalue weighted by atomic mass is 16.5. The van der Waals surface area contributed by atoms with Gasteiger partial charge < -0.3 is 19.5 Å². The van der Waals surface area contributed by atoms with Crippen LogP contribution >= 0.6 is 0 Å². The molecule has 27 heavy (non-hydrogen) atoms. The number of hydrogen-bond donors (Lipinski definition) is 1. The van der Waals surface area contributed by atoms with E-state index in [0.29, 0.717) is 6.42 Å². The van der Waals surface area contributed by atoms with Crippen molar-refractivity contribution in [2.45, 2.75) is 25.8 Å². The van der Waals surface area contributed by atoms with Crippen LogP contribution in [0, 0.1) is 0 Å². The fourth-order valence-corrected chi connectivity index (χ4v) is 4.02. The van der Waals surface area contributed by atoms with Crippen molar-refractivity contribution >= 4 is 28.2 Å². The van der Waals surface area contributed by atoms with E-state index < -0.39 is 0 Å². The first-order chi connectivity index (χ1) is 13.1. The first-order valence-electron chi connectivity index (χ1n) is 9.35. The van der Waals surface area contributed by atoms with Crippen molar-refractivity contribution in [3.05, 3.63) is 54.2 Å². The Balaban J connectivity index is 1.72. The van der Waals surface area contributed by atoms with Gasteiger partial charge in [0.15, 0.2) is 0 Å². The molecule has 5 heteroatoms. The maximum absolute atomic E-state index is 13.4. The van der Waals surface area contributed by atoms with Gasteiger partial charge in [0, 0.05) is 36.7 Å². The number of amides is 1. The van der Waals surface area contributed by atoms with Crippen LogP contribution in [0.2, 0.25) is 0 Å². The van der Waals surface area contributed by atoms with Crippen molar-refractivity contribution < 1.29 is 9.53 Å². The second-order valence-corrected chi connectivity index (χ2v) is 7.19. The molecule has 3 aromatic rings. The number of hydrogen-bond acceptors (Lipinski definition) is 3. The zero-order valence-electron chi connectivity index (χ0n) is 16.0. The monoisotopic (exact) mass is 363 g/mol. The number of rotatable bonds is 3. The molecule has 0 spiro atoms. The van der Waals surface area contributed by atoms with Crippen molar-refractivity contribution in [2.24, 2.45) is 0 Å². The summed E-state index contributed by atoms with van der Waals surface area (Å²) in [6.07, 6.45) is 3.20. The molecule has 0 saturated carbocycles. The van der Waals surface area contributed by atoms with Crippen molar-refractivity contribution in [1.82, 2.24) is 4.98 Å². The number of fused-ring (bicyclic) bond motifs is 2. The molecule has 5 nitrogen and oxygen atoms in total. The molecule has 4 rings (SSSR count). The minimum atomic E-state index is 0.108. The molecule has 1 aliphatic heterocycles. The van der Waals surface area contributed by atoms with E-state index >= 15 is 0 Å². The van der Waals surface area contributed by atoms with E-state index in [2.05, 4.69) is 29.9 Å². The lowest BCUT2D eigenvalue weighted by Crippen LogP contribution is -2.39. The third kappa shape index (κ3) is 3.03. The molecule has 0 aliphatic carbocycles. The van der Waals surface area contributed by atoms with Gasteiger partial charge in [0.2, 0.25) is 5.91 Å². The van der Waals surface area contributed by atoms with Crippen LogP contribution in [-0.2, 0) is 11.2 Å². The number of ether oxygens (including phenoxy) is 1. The van der Waals surface area contributed by atoms with Gasteiger partial charge >= 0.3 is 0 Å². The van der Waals surface area contributed by atoms with Gasteiger partial charge in [-0.2, -0.15) is 0 Å². The maximum atomic E-state index is 13.4. The Labute approximate surface area is 159 Å². The predicted molar refractivity (Wildman–Crippen MR) is 110 cm³/mol. The average molecular weight is 363 g/mol. The summed E-state index contributed by atoms with van der Waals surface area (Å²) in [5.41, 5.74) is 4.05. The van der Waals surface area contributed by atoms with Crippen LogP contribution in [0.3, 0.4) is 0 Å². The Morgan fingerprint density at radius 1 is 1.19 bits per heavy atom. The fraction of sp³-hybridized carbons (Fsp3) is 0.318. The first kappa shape index (κ1) is 17.5. The van der Waals surface area contributed by atoms with Gasteiger partial charge in [-0.25, -0.2) is 0 Å². The van der Waals surface area contributed by atoms with Crippen LogP contribution in [0.25, 0.3) is 10.9 Å². The Hall–Kier alpha value is -2.95. The molecule has 1 atom stereocenters. The highest BCUT2D eigenvalue weighted by Gasteiger charge is 2.28. The summed E-state index contributed by atoms with van der Waals surface area (Å²) in [6.45, 7) is 3.06. The lowest BCUT2D eigenvalue weighted by Gasteiger charge is -2.28. The van der Waals surface area contributed by atoms with E-state index in [1.54, 1.807) is 7.11 Å². The largest absolute Gasteiger partial charge is 0.496 e. The Morgan fingerprint density at radius 2 is 1.96 bits per heavy atom. The summed E-state index contributed by atoms with van der Waals surface area (Å²) in [7, 11) is 3.75. The molecule has 0 fully saturated rings. The van der Waals surface area contributed by atoms with E-state index in [4.69, 9.17) is 4.74 Å². The number of nitrogens with zero attached hydrogens (tertiary/aromatic N) is 2. The van der Waals surface area contributed by atoms with Crippen molar-refractivity contribution in [3.8, 4) is 5.75 Å². The second-order valence-electron chi connectivity index (χ2n) is 7.19. The molecule has 2 heterocycles. The zero-order valence-corrected chi connectivity index (χ0v) is 16.0. The summed E-state index contributed by atoms with van der Waals surface area (Å²) >= 11 is 0. The van der Waals surface area contributed by atoms with Gasteiger partial charge in [-0.15, -0.1) is 0 Å². The quantitative estimate of drug-likeness (QED) is 0.766. The summed E-state index contributed by atoms with van der Waals surface area (Å²) < 4.78 is 5.51. The fourth-order valence-electron chi connectivity index (χ4n) is 4.02. The van der Waals surface area contributed by atoms with E-state index in [1.165, 1.54) is 0 Å². The summed E-state index contributed by atoms with van der Waals surface area (Å²) in [5.74, 6) is 0.901. The van der Waals surface area contributed by atoms with Gasteiger partial charge in [0.05, 0.1) is 24.9 Å². The van der Waals surface area contributed by atoms with E-state index in [-0.39, 0.29) is 11.9 Å². The number of para-hydroxylation sites is 2. The van der Waals surface area contributed by atoms with Gasteiger partial charge in [-0.3, -0.25) is 4.79 Å². The van der Waals surface area contributed by atoms with Crippen molar-refractivity contribution in [1.29, 1.82) is 0 Å². The molecule has 1 aromatic heterocycles. The second kappa shape index (κ2) is 6.99. The number of anilines is 2. The highest BCUT2D eigenvalue weighted by molar-refractivity contribution is 6.01. The first-order valence-corrected chi connectivity index (χ1v) is 9.35. The minimum absolute atomic E-state index is 0.108. The molecule has 1 aliphatic rings. The van der Waals surface area contributed by atoms with E-state index in [1.807, 2.05) is 47.5 Å². The van der Waals surface area contributed by atoms with Crippen LogP contribution in [0.4, 0.5) is 11.4 Å². The smallest absolute Gasteiger partial charge is 0.231 e. The zero-order chi connectivity index (χ0) is 19.0. The number of H-pyrrole nitrogens is 1. The predicted octanol–water partition coefficient (Wildman–Crippen LogP) is 3.98. The van der Waals surface area contributed by atoms with Gasteiger partial charge in [-0.1, -0.05) is 18.2 Å². The SMILES string of the molecule is COc1cccc2[nH]cc(CC(=O)N3c4ccccc4N(C)CCC3C)c12. The third-order valence-electron chi connectivity index (χ3n) is 5.46. The molecule has 1 amide bonds. The average Bonchev–Trinajstić information content (AvgIpc) is 3.04. The van der Waals surface area contributed by atoms with Gasteiger partial charge in [-0.05, 0) is 43.2 Å². The number of aromatic nitrogens is 1. The molecule has 1 unspecified atom stereocenters. The lowest BCUT2D eigenvalue weighted by molar-refractivity contribution is -0.118. The molecule has 1 N–H and O–H groups in total. The number of carbonyl (C=O) groups is 1. The van der Waals surface area contributed by atoms with Crippen LogP contribution in [0.1, 0.15) is 18.9 Å². The van der Waals surface area contributed by atoms with Crippen LogP contribution in [0.15, 0.2) is 48.7 Å². The molecular formula is C22H25N3O2. The van der Waals surface area contributed by atoms with E-state index in [0.717, 1.165) is 46.6 Å². The number of aromatic amines is 1. The van der Waals surface area contributed by atoms with Gasteiger partial charge in [0.1, 0.15) is 5.75 Å². The van der Waals surface area contributed by atoms with Gasteiger partial charge in [0.25, 0.3) is 0 Å². The molecule has 2 aromatic carbocycles. The Morgan fingerprint density at radius 3 is 2.74 bits per heavy atom. The Bertz CT molecular complexity index is 979. The van der Waals surface area contributed by atoms with E-state index in [9.17, 15) is 4.79 Å². The Kier molecular flexibility index (Phi) is 4.52. The summed E-state index contributed by atoms with van der Waals surface area (Å²) in [5, 5.41) is 0.987. The highest BCUT2D eigenvalue weighted by Crippen LogP contribution is 2.35.